The van der Waals surface area contributed by atoms with Crippen molar-refractivity contribution in [1.82, 2.24) is 0 Å². The van der Waals surface area contributed by atoms with Crippen molar-refractivity contribution in [3.05, 3.63) is 35.9 Å². The number of aliphatic hydroxyl groups is 1. The minimum Gasteiger partial charge on any atom is -0.388 e. The van der Waals surface area contributed by atoms with E-state index in [1.807, 2.05) is 30.3 Å². The van der Waals surface area contributed by atoms with Gasteiger partial charge in [0.25, 0.3) is 0 Å². The van der Waals surface area contributed by atoms with Gasteiger partial charge in [0.15, 0.2) is 0 Å². The third kappa shape index (κ3) is 3.90. The first-order chi connectivity index (χ1) is 6.49. The summed E-state index contributed by atoms with van der Waals surface area (Å²) in [6, 6.07) is 9.84. The summed E-state index contributed by atoms with van der Waals surface area (Å²) in [7, 11) is 6.41. The predicted molar refractivity (Wildman–Crippen MR) is 58.9 cm³/mol. The van der Waals surface area contributed by atoms with Crippen molar-refractivity contribution in [2.45, 2.75) is 12.5 Å². The molecule has 0 fully saturated rings. The maximum Gasteiger partial charge on any atom is 0.0843 e. The monoisotopic (exact) mass is 194 g/mol. The van der Waals surface area contributed by atoms with Gasteiger partial charge in [-0.2, -0.15) is 0 Å². The van der Waals surface area contributed by atoms with Crippen LogP contribution in [0.25, 0.3) is 0 Å². The lowest BCUT2D eigenvalue weighted by atomic mass is 10.1. The Morgan fingerprint density at radius 2 is 1.71 bits per heavy atom. The summed E-state index contributed by atoms with van der Waals surface area (Å²) < 4.78 is 0.893. The van der Waals surface area contributed by atoms with Crippen LogP contribution < -0.4 is 0 Å². The van der Waals surface area contributed by atoms with E-state index in [0.29, 0.717) is 0 Å². The van der Waals surface area contributed by atoms with Gasteiger partial charge < -0.3 is 9.59 Å². The Morgan fingerprint density at radius 3 is 2.21 bits per heavy atom. The van der Waals surface area contributed by atoms with Gasteiger partial charge in [0, 0.05) is 6.42 Å². The number of aliphatic hydroxyl groups excluding tert-OH is 1. The van der Waals surface area contributed by atoms with Crippen molar-refractivity contribution in [2.24, 2.45) is 0 Å². The standard InChI is InChI=1S/C12H20NO/c1-13(2,3)10-9-12(14)11-7-5-4-6-8-11/h4-8,12,14H,9-10H2,1-3H3/q+1/t12-/m1/s1. The first kappa shape index (κ1) is 11.2. The smallest absolute Gasteiger partial charge is 0.0843 e. The van der Waals surface area contributed by atoms with E-state index in [2.05, 4.69) is 21.1 Å². The molecule has 1 aromatic rings. The zero-order chi connectivity index (χ0) is 10.6. The summed E-state index contributed by atoms with van der Waals surface area (Å²) in [5.41, 5.74) is 1.01. The Balaban J connectivity index is 2.48. The Kier molecular flexibility index (Phi) is 3.67. The van der Waals surface area contributed by atoms with Crippen LogP contribution >= 0.6 is 0 Å². The summed E-state index contributed by atoms with van der Waals surface area (Å²) in [6.07, 6.45) is 0.488. The summed E-state index contributed by atoms with van der Waals surface area (Å²) in [5, 5.41) is 9.87. The zero-order valence-electron chi connectivity index (χ0n) is 9.27. The molecule has 1 aromatic carbocycles. The molecule has 0 heterocycles. The van der Waals surface area contributed by atoms with Crippen molar-refractivity contribution in [3.8, 4) is 0 Å². The van der Waals surface area contributed by atoms with Gasteiger partial charge in [-0.05, 0) is 5.56 Å². The number of quaternary nitrogens is 1. The molecule has 2 nitrogen and oxygen atoms in total. The van der Waals surface area contributed by atoms with E-state index < -0.39 is 0 Å². The molecular formula is C12H20NO+. The topological polar surface area (TPSA) is 20.2 Å². The third-order valence-corrected chi connectivity index (χ3v) is 2.26. The molecule has 1 N–H and O–H groups in total. The van der Waals surface area contributed by atoms with Crippen LogP contribution in [0.2, 0.25) is 0 Å². The SMILES string of the molecule is C[N+](C)(C)CC[C@@H](O)c1ccccc1. The van der Waals surface area contributed by atoms with Gasteiger partial charge >= 0.3 is 0 Å². The van der Waals surface area contributed by atoms with E-state index in [1.165, 1.54) is 0 Å². The highest BCUT2D eigenvalue weighted by Crippen LogP contribution is 2.16. The van der Waals surface area contributed by atoms with Gasteiger partial charge in [0.05, 0.1) is 33.8 Å². The summed E-state index contributed by atoms with van der Waals surface area (Å²) in [5.74, 6) is 0. The second kappa shape index (κ2) is 4.58. The molecule has 0 amide bonds. The number of benzene rings is 1. The molecule has 1 atom stereocenters. The highest BCUT2D eigenvalue weighted by molar-refractivity contribution is 5.16. The summed E-state index contributed by atoms with van der Waals surface area (Å²) >= 11 is 0. The molecule has 0 aliphatic rings. The normalized spacial score (nSPS) is 14.0. The molecule has 0 aliphatic carbocycles. The van der Waals surface area contributed by atoms with Crippen LogP contribution in [0.15, 0.2) is 30.3 Å². The molecule has 0 bridgehead atoms. The number of nitrogens with zero attached hydrogens (tertiary/aromatic N) is 1. The molecule has 0 radical (unpaired) electrons. The van der Waals surface area contributed by atoms with Gasteiger partial charge in [0.2, 0.25) is 0 Å². The largest absolute Gasteiger partial charge is 0.388 e. The zero-order valence-corrected chi connectivity index (χ0v) is 9.27. The number of hydrogen-bond donors (Lipinski definition) is 1. The average Bonchev–Trinajstić information content (AvgIpc) is 2.14. The third-order valence-electron chi connectivity index (χ3n) is 2.26. The Hall–Kier alpha value is -0.860. The van der Waals surface area contributed by atoms with Crippen LogP contribution in [0.5, 0.6) is 0 Å². The molecular weight excluding hydrogens is 174 g/mol. The molecule has 2 heteroatoms. The maximum atomic E-state index is 9.87. The maximum absolute atomic E-state index is 9.87. The van der Waals surface area contributed by atoms with Gasteiger partial charge in [-0.3, -0.25) is 0 Å². The van der Waals surface area contributed by atoms with Crippen molar-refractivity contribution in [1.29, 1.82) is 0 Å². The van der Waals surface area contributed by atoms with Crippen molar-refractivity contribution >= 4 is 0 Å². The number of rotatable bonds is 4. The summed E-state index contributed by atoms with van der Waals surface area (Å²) in [6.45, 7) is 0.982. The fourth-order valence-electron chi connectivity index (χ4n) is 1.35. The van der Waals surface area contributed by atoms with E-state index in [1.54, 1.807) is 0 Å². The lowest BCUT2D eigenvalue weighted by molar-refractivity contribution is -0.871. The molecule has 0 aromatic heterocycles. The van der Waals surface area contributed by atoms with Crippen LogP contribution in [0.4, 0.5) is 0 Å². The average molecular weight is 194 g/mol. The van der Waals surface area contributed by atoms with Gasteiger partial charge in [-0.25, -0.2) is 0 Å². The molecule has 0 spiro atoms. The van der Waals surface area contributed by atoms with Crippen LogP contribution in [-0.4, -0.2) is 37.3 Å². The second-order valence-corrected chi connectivity index (χ2v) is 4.73. The lowest BCUT2D eigenvalue weighted by Crippen LogP contribution is -2.36. The van der Waals surface area contributed by atoms with E-state index in [9.17, 15) is 5.11 Å². The van der Waals surface area contributed by atoms with Crippen molar-refractivity contribution in [3.63, 3.8) is 0 Å². The van der Waals surface area contributed by atoms with Crippen LogP contribution in [-0.2, 0) is 0 Å². The number of hydrogen-bond acceptors (Lipinski definition) is 1. The fourth-order valence-corrected chi connectivity index (χ4v) is 1.35. The van der Waals surface area contributed by atoms with Gasteiger partial charge in [0.1, 0.15) is 0 Å². The van der Waals surface area contributed by atoms with Crippen molar-refractivity contribution < 1.29 is 9.59 Å². The van der Waals surface area contributed by atoms with E-state index in [0.717, 1.165) is 23.0 Å². The molecule has 1 rings (SSSR count). The minimum atomic E-state index is -0.325. The molecule has 0 aliphatic heterocycles. The highest BCUT2D eigenvalue weighted by atomic mass is 16.3. The fraction of sp³-hybridized carbons (Fsp3) is 0.500. The molecule has 78 valence electrons. The quantitative estimate of drug-likeness (QED) is 0.725. The minimum absolute atomic E-state index is 0.325. The predicted octanol–water partition coefficient (Wildman–Crippen LogP) is 1.82. The first-order valence-corrected chi connectivity index (χ1v) is 5.02. The van der Waals surface area contributed by atoms with E-state index in [-0.39, 0.29) is 6.10 Å². The second-order valence-electron chi connectivity index (χ2n) is 4.73. The Bertz CT molecular complexity index is 263. The van der Waals surface area contributed by atoms with Crippen molar-refractivity contribution in [2.75, 3.05) is 27.7 Å². The Morgan fingerprint density at radius 1 is 1.14 bits per heavy atom. The van der Waals surface area contributed by atoms with Gasteiger partial charge in [-0.15, -0.1) is 0 Å². The van der Waals surface area contributed by atoms with Crippen LogP contribution in [0.1, 0.15) is 18.1 Å². The lowest BCUT2D eigenvalue weighted by Gasteiger charge is -2.25. The summed E-state index contributed by atoms with van der Waals surface area (Å²) in [4.78, 5) is 0. The Labute approximate surface area is 86.4 Å². The first-order valence-electron chi connectivity index (χ1n) is 5.02. The molecule has 0 unspecified atom stereocenters. The molecule has 0 saturated carbocycles. The molecule has 0 saturated heterocycles. The highest BCUT2D eigenvalue weighted by Gasteiger charge is 2.12. The molecule has 14 heavy (non-hydrogen) atoms. The van der Waals surface area contributed by atoms with E-state index in [4.69, 9.17) is 0 Å². The van der Waals surface area contributed by atoms with Gasteiger partial charge in [-0.1, -0.05) is 30.3 Å². The van der Waals surface area contributed by atoms with E-state index >= 15 is 0 Å². The van der Waals surface area contributed by atoms with Crippen LogP contribution in [0.3, 0.4) is 0 Å². The van der Waals surface area contributed by atoms with Crippen LogP contribution in [0, 0.1) is 0 Å².